The van der Waals surface area contributed by atoms with Crippen molar-refractivity contribution >= 4 is 13.8 Å². The summed E-state index contributed by atoms with van der Waals surface area (Å²) in [6, 6.07) is 0. The number of allylic oxidation sites excluding steroid dienone is 13. The van der Waals surface area contributed by atoms with Crippen LogP contribution in [0, 0.1) is 0 Å². The molecule has 0 aliphatic carbocycles. The van der Waals surface area contributed by atoms with Crippen molar-refractivity contribution in [3.8, 4) is 0 Å². The Balaban J connectivity index is 4.33. The molecule has 0 aromatic heterocycles. The molecular weight excluding hydrogens is 715 g/mol. The fourth-order valence-corrected chi connectivity index (χ4v) is 5.94. The summed E-state index contributed by atoms with van der Waals surface area (Å²) in [6.07, 6.45) is 49.9. The van der Waals surface area contributed by atoms with Crippen LogP contribution in [0.15, 0.2) is 85.1 Å². The molecule has 0 spiro atoms. The van der Waals surface area contributed by atoms with Gasteiger partial charge in [-0.1, -0.05) is 150 Å². The Kier molecular flexibility index (Phi) is 39.5. The van der Waals surface area contributed by atoms with Gasteiger partial charge in [0.05, 0.1) is 33.0 Å². The maximum atomic E-state index is 12.6. The number of hydrogen-bond acceptors (Lipinski definition) is 8. The van der Waals surface area contributed by atoms with Gasteiger partial charge in [-0.3, -0.25) is 13.8 Å². The van der Waals surface area contributed by atoms with Crippen molar-refractivity contribution in [2.24, 2.45) is 0 Å². The van der Waals surface area contributed by atoms with Crippen molar-refractivity contribution in [2.45, 2.75) is 161 Å². The highest BCUT2D eigenvalue weighted by Crippen LogP contribution is 2.43. The number of phosphoric ester groups is 1. The molecule has 0 saturated heterocycles. The van der Waals surface area contributed by atoms with Crippen LogP contribution in [0.5, 0.6) is 0 Å². The number of unbranched alkanes of at least 4 members (excludes halogenated alkanes) is 11. The highest BCUT2D eigenvalue weighted by molar-refractivity contribution is 7.47. The topological polar surface area (TPSA) is 132 Å². The van der Waals surface area contributed by atoms with Crippen LogP contribution in [0.1, 0.15) is 149 Å². The van der Waals surface area contributed by atoms with Crippen LogP contribution in [0.2, 0.25) is 0 Å². The predicted molar refractivity (Wildman–Crippen MR) is 228 cm³/mol. The number of phosphoric acid groups is 1. The number of carbonyl (C=O) groups is 1. The van der Waals surface area contributed by atoms with Crippen LogP contribution < -0.4 is 0 Å². The summed E-state index contributed by atoms with van der Waals surface area (Å²) < 4.78 is 33.2. The van der Waals surface area contributed by atoms with Crippen molar-refractivity contribution in [1.29, 1.82) is 0 Å². The molecule has 0 fully saturated rings. The quantitative estimate of drug-likeness (QED) is 0.0241. The van der Waals surface area contributed by atoms with Crippen molar-refractivity contribution in [3.05, 3.63) is 85.1 Å². The minimum atomic E-state index is -4.54. The summed E-state index contributed by atoms with van der Waals surface area (Å²) in [5, 5.41) is 18.3. The van der Waals surface area contributed by atoms with Gasteiger partial charge in [0.1, 0.15) is 12.2 Å². The van der Waals surface area contributed by atoms with Gasteiger partial charge in [-0.15, -0.1) is 0 Å². The predicted octanol–water partition coefficient (Wildman–Crippen LogP) is 11.5. The SMILES string of the molecule is CC/C=C\C/C=C\C/C=C\C/C=C\C/C=C\CCOCC(COP(=O)(O)OCC(O)CO)OC(=O)CCCCCCCCC/C=C\C/C=C\CCCCCC. The molecule has 0 aliphatic heterocycles. The molecule has 316 valence electrons. The molecule has 0 aromatic rings. The maximum Gasteiger partial charge on any atom is 0.472 e. The third kappa shape index (κ3) is 41.1. The standard InChI is InChI=1S/C45H77O9P/c1-3-5-7-9-11-13-15-17-19-21-22-23-25-27-29-31-33-35-37-45(48)54-44(42-53-55(49,50)52-40-43(47)39-46)41-51-38-36-34-32-30-28-26-24-20-18-16-14-12-10-8-6-4-2/h6,8,12-15,18-21,26,28,32,34,43-44,46-47H,3-5,7,9-11,16-17,22-25,27,29-31,33,35-42H2,1-2H3,(H,49,50)/b8-6-,14-12-,15-13-,20-18-,21-19-,28-26-,34-32-. The normalized spacial score (nSPS) is 14.9. The van der Waals surface area contributed by atoms with Gasteiger partial charge in [0.15, 0.2) is 0 Å². The Morgan fingerprint density at radius 2 is 1.04 bits per heavy atom. The molecule has 0 rings (SSSR count). The van der Waals surface area contributed by atoms with Crippen molar-refractivity contribution < 1.29 is 43.0 Å². The van der Waals surface area contributed by atoms with Crippen LogP contribution in [-0.2, 0) is 27.9 Å². The van der Waals surface area contributed by atoms with Gasteiger partial charge >= 0.3 is 13.8 Å². The molecule has 9 nitrogen and oxygen atoms in total. The second-order valence-corrected chi connectivity index (χ2v) is 15.1. The van der Waals surface area contributed by atoms with Crippen LogP contribution in [0.3, 0.4) is 0 Å². The molecule has 0 saturated carbocycles. The van der Waals surface area contributed by atoms with E-state index in [1.54, 1.807) is 0 Å². The number of rotatable bonds is 39. The zero-order valence-corrected chi connectivity index (χ0v) is 35.3. The first kappa shape index (κ1) is 52.6. The van der Waals surface area contributed by atoms with E-state index in [0.717, 1.165) is 64.2 Å². The third-order valence-electron chi connectivity index (χ3n) is 8.33. The number of esters is 1. The lowest BCUT2D eigenvalue weighted by Gasteiger charge is -2.20. The van der Waals surface area contributed by atoms with E-state index in [9.17, 15) is 19.4 Å². The highest BCUT2D eigenvalue weighted by atomic mass is 31.2. The average Bonchev–Trinajstić information content (AvgIpc) is 3.18. The van der Waals surface area contributed by atoms with E-state index in [0.29, 0.717) is 19.4 Å². The number of carbonyl (C=O) groups excluding carboxylic acids is 1. The summed E-state index contributed by atoms with van der Waals surface area (Å²) >= 11 is 0. The lowest BCUT2D eigenvalue weighted by Crippen LogP contribution is -2.29. The molecule has 3 atom stereocenters. The first-order chi connectivity index (χ1) is 26.8. The molecule has 3 unspecified atom stereocenters. The number of aliphatic hydroxyl groups excluding tert-OH is 2. The van der Waals surface area contributed by atoms with Gasteiger partial charge in [0.2, 0.25) is 0 Å². The first-order valence-corrected chi connectivity index (χ1v) is 22.6. The molecule has 0 amide bonds. The smallest absolute Gasteiger partial charge is 0.457 e. The largest absolute Gasteiger partial charge is 0.472 e. The molecule has 3 N–H and O–H groups in total. The van der Waals surface area contributed by atoms with Gasteiger partial charge in [0.25, 0.3) is 0 Å². The average molecular weight is 793 g/mol. The molecular formula is C45H77O9P. The molecule has 0 aromatic carbocycles. The van der Waals surface area contributed by atoms with Gasteiger partial charge in [-0.05, 0) is 77.0 Å². The van der Waals surface area contributed by atoms with Crippen LogP contribution in [-0.4, -0.2) is 66.3 Å². The van der Waals surface area contributed by atoms with Crippen LogP contribution in [0.25, 0.3) is 0 Å². The fourth-order valence-electron chi connectivity index (χ4n) is 5.15. The van der Waals surface area contributed by atoms with Crippen molar-refractivity contribution in [1.82, 2.24) is 0 Å². The fraction of sp³-hybridized carbons (Fsp3) is 0.667. The van der Waals surface area contributed by atoms with Gasteiger partial charge in [-0.25, -0.2) is 4.57 Å². The van der Waals surface area contributed by atoms with E-state index in [4.69, 9.17) is 23.6 Å². The van der Waals surface area contributed by atoms with Crippen LogP contribution >= 0.6 is 7.82 Å². The minimum absolute atomic E-state index is 0.0132. The first-order valence-electron chi connectivity index (χ1n) is 21.1. The zero-order chi connectivity index (χ0) is 40.3. The van der Waals surface area contributed by atoms with Crippen LogP contribution in [0.4, 0.5) is 0 Å². The lowest BCUT2D eigenvalue weighted by molar-refractivity contribution is -0.154. The minimum Gasteiger partial charge on any atom is -0.457 e. The Hall–Kier alpha value is -2.36. The molecule has 0 aliphatic rings. The van der Waals surface area contributed by atoms with Gasteiger partial charge in [0, 0.05) is 6.42 Å². The molecule has 0 heterocycles. The van der Waals surface area contributed by atoms with E-state index >= 15 is 0 Å². The van der Waals surface area contributed by atoms with Gasteiger partial charge < -0.3 is 24.6 Å². The molecule has 0 bridgehead atoms. The Labute approximate surface area is 335 Å². The van der Waals surface area contributed by atoms with E-state index in [-0.39, 0.29) is 13.0 Å². The number of hydrogen-bond donors (Lipinski definition) is 3. The molecule has 55 heavy (non-hydrogen) atoms. The third-order valence-corrected chi connectivity index (χ3v) is 9.29. The van der Waals surface area contributed by atoms with Crippen molar-refractivity contribution in [2.75, 3.05) is 33.0 Å². The summed E-state index contributed by atoms with van der Waals surface area (Å²) in [6.45, 7) is 3.12. The summed E-state index contributed by atoms with van der Waals surface area (Å²) in [5.41, 5.74) is 0. The van der Waals surface area contributed by atoms with Gasteiger partial charge in [-0.2, -0.15) is 0 Å². The summed E-state index contributed by atoms with van der Waals surface area (Å²) in [5.74, 6) is -0.419. The van der Waals surface area contributed by atoms with E-state index < -0.39 is 45.8 Å². The lowest BCUT2D eigenvalue weighted by atomic mass is 10.1. The zero-order valence-electron chi connectivity index (χ0n) is 34.4. The summed E-state index contributed by atoms with van der Waals surface area (Å²) in [4.78, 5) is 22.6. The Morgan fingerprint density at radius 3 is 1.56 bits per heavy atom. The Morgan fingerprint density at radius 1 is 0.582 bits per heavy atom. The summed E-state index contributed by atoms with van der Waals surface area (Å²) in [7, 11) is -4.54. The van der Waals surface area contributed by atoms with Crippen molar-refractivity contribution in [3.63, 3.8) is 0 Å². The van der Waals surface area contributed by atoms with E-state index in [1.165, 1.54) is 51.4 Å². The second kappa shape index (κ2) is 41.3. The monoisotopic (exact) mass is 793 g/mol. The molecule has 0 radical (unpaired) electrons. The maximum absolute atomic E-state index is 12.6. The number of aliphatic hydroxyl groups is 2. The van der Waals surface area contributed by atoms with E-state index in [1.807, 2.05) is 6.08 Å². The highest BCUT2D eigenvalue weighted by Gasteiger charge is 2.26. The molecule has 10 heteroatoms. The Bertz CT molecular complexity index is 1130. The number of ether oxygens (including phenoxy) is 2. The van der Waals surface area contributed by atoms with E-state index in [2.05, 4.69) is 92.8 Å². The second-order valence-electron chi connectivity index (χ2n) is 13.6.